The first-order valence-corrected chi connectivity index (χ1v) is 7.17. The van der Waals surface area contributed by atoms with Crippen LogP contribution in [0.25, 0.3) is 0 Å². The number of anilines is 1. The second-order valence-corrected chi connectivity index (χ2v) is 5.65. The van der Waals surface area contributed by atoms with Gasteiger partial charge in [0.1, 0.15) is 5.82 Å². The summed E-state index contributed by atoms with van der Waals surface area (Å²) in [5, 5.41) is 7.25. The average molecular weight is 268 g/mol. The lowest BCUT2D eigenvalue weighted by Gasteiger charge is -2.37. The van der Waals surface area contributed by atoms with E-state index in [1.807, 2.05) is 12.1 Å². The number of benzene rings is 2. The van der Waals surface area contributed by atoms with E-state index in [4.69, 9.17) is 0 Å². The van der Waals surface area contributed by atoms with Crippen LogP contribution in [0.4, 0.5) is 10.1 Å². The molecule has 4 rings (SSSR count). The van der Waals surface area contributed by atoms with Gasteiger partial charge < -0.3 is 10.6 Å². The van der Waals surface area contributed by atoms with Crippen LogP contribution in [0.15, 0.2) is 48.5 Å². The number of hydrogen-bond donors (Lipinski definition) is 2. The van der Waals surface area contributed by atoms with E-state index in [2.05, 4.69) is 34.9 Å². The first kappa shape index (κ1) is 11.9. The zero-order valence-corrected chi connectivity index (χ0v) is 11.1. The maximum atomic E-state index is 13.1. The molecule has 3 atom stereocenters. The highest BCUT2D eigenvalue weighted by atomic mass is 19.1. The lowest BCUT2D eigenvalue weighted by atomic mass is 9.80. The van der Waals surface area contributed by atoms with Crippen molar-refractivity contribution in [2.45, 2.75) is 18.5 Å². The summed E-state index contributed by atoms with van der Waals surface area (Å²) in [6, 6.07) is 16.0. The van der Waals surface area contributed by atoms with Gasteiger partial charge in [-0.15, -0.1) is 0 Å². The van der Waals surface area contributed by atoms with Crippen molar-refractivity contribution in [3.05, 3.63) is 65.5 Å². The molecular weight excluding hydrogens is 251 g/mol. The summed E-state index contributed by atoms with van der Waals surface area (Å²) in [6.07, 6.45) is 1.15. The Morgan fingerprint density at radius 3 is 2.60 bits per heavy atom. The van der Waals surface area contributed by atoms with Crippen molar-refractivity contribution in [2.24, 2.45) is 5.92 Å². The lowest BCUT2D eigenvalue weighted by molar-refractivity contribution is 0.390. The van der Waals surface area contributed by atoms with Gasteiger partial charge in [-0.05, 0) is 42.3 Å². The van der Waals surface area contributed by atoms with E-state index in [0.29, 0.717) is 12.0 Å². The zero-order valence-electron chi connectivity index (χ0n) is 11.1. The van der Waals surface area contributed by atoms with Crippen LogP contribution in [0.3, 0.4) is 0 Å². The normalized spacial score (nSPS) is 27.6. The van der Waals surface area contributed by atoms with Gasteiger partial charge in [0.2, 0.25) is 0 Å². The van der Waals surface area contributed by atoms with Crippen molar-refractivity contribution >= 4 is 5.69 Å². The summed E-state index contributed by atoms with van der Waals surface area (Å²) in [5.74, 6) is 0.349. The largest absolute Gasteiger partial charge is 0.378 e. The number of nitrogens with one attached hydrogen (secondary N) is 2. The molecule has 3 heteroatoms. The highest BCUT2D eigenvalue weighted by molar-refractivity contribution is 5.57. The van der Waals surface area contributed by atoms with Crippen molar-refractivity contribution in [1.82, 2.24) is 5.32 Å². The van der Waals surface area contributed by atoms with Crippen LogP contribution in [-0.2, 0) is 0 Å². The third-order valence-electron chi connectivity index (χ3n) is 4.53. The smallest absolute Gasteiger partial charge is 0.123 e. The van der Waals surface area contributed by atoms with E-state index in [1.54, 1.807) is 12.1 Å². The predicted octanol–water partition coefficient (Wildman–Crippen LogP) is 3.64. The molecule has 2 nitrogen and oxygen atoms in total. The summed E-state index contributed by atoms with van der Waals surface area (Å²) in [4.78, 5) is 0. The Hall–Kier alpha value is -1.87. The van der Waals surface area contributed by atoms with Gasteiger partial charge in [-0.3, -0.25) is 0 Å². The third kappa shape index (κ3) is 1.81. The van der Waals surface area contributed by atoms with Crippen LogP contribution in [0.2, 0.25) is 0 Å². The lowest BCUT2D eigenvalue weighted by Crippen LogP contribution is -2.32. The average Bonchev–Trinajstić information content (AvgIpc) is 2.97. The molecule has 0 radical (unpaired) electrons. The Balaban J connectivity index is 1.76. The number of fused-ring (bicyclic) bond motifs is 3. The Labute approximate surface area is 118 Å². The van der Waals surface area contributed by atoms with Gasteiger partial charge in [-0.2, -0.15) is 0 Å². The van der Waals surface area contributed by atoms with Gasteiger partial charge in [0, 0.05) is 17.6 Å². The van der Waals surface area contributed by atoms with Crippen LogP contribution in [0.5, 0.6) is 0 Å². The van der Waals surface area contributed by atoms with E-state index in [9.17, 15) is 4.39 Å². The fourth-order valence-corrected chi connectivity index (χ4v) is 3.60. The van der Waals surface area contributed by atoms with Crippen molar-refractivity contribution in [3.8, 4) is 0 Å². The first-order chi connectivity index (χ1) is 9.83. The standard InChI is InChI=1S/C17H17FN2/c18-12-7-5-11(6-8-12)16-14-9-10-19-17(14)13-3-1-2-4-15(13)20-16/h1-8,14,16-17,19-20H,9-10H2/t14-,16+,17+/m0/s1. The molecular formula is C17H17FN2. The first-order valence-electron chi connectivity index (χ1n) is 7.17. The fraction of sp³-hybridized carbons (Fsp3) is 0.294. The highest BCUT2D eigenvalue weighted by Gasteiger charge is 2.39. The fourth-order valence-electron chi connectivity index (χ4n) is 3.60. The van der Waals surface area contributed by atoms with Crippen LogP contribution < -0.4 is 10.6 Å². The maximum Gasteiger partial charge on any atom is 0.123 e. The Bertz CT molecular complexity index is 623. The van der Waals surface area contributed by atoms with Gasteiger partial charge in [0.25, 0.3) is 0 Å². The molecule has 0 aliphatic carbocycles. The molecule has 0 aromatic heterocycles. The second-order valence-electron chi connectivity index (χ2n) is 5.65. The Morgan fingerprint density at radius 1 is 0.950 bits per heavy atom. The SMILES string of the molecule is Fc1ccc([C@H]2Nc3ccccc3[C@H]3NCC[C@@H]23)cc1. The molecule has 2 heterocycles. The Kier molecular flexibility index (Phi) is 2.74. The summed E-state index contributed by atoms with van der Waals surface area (Å²) in [5.41, 5.74) is 3.71. The minimum absolute atomic E-state index is 0.175. The van der Waals surface area contributed by atoms with Crippen molar-refractivity contribution < 1.29 is 4.39 Å². The van der Waals surface area contributed by atoms with Gasteiger partial charge in [-0.1, -0.05) is 30.3 Å². The monoisotopic (exact) mass is 268 g/mol. The van der Waals surface area contributed by atoms with Crippen LogP contribution in [0, 0.1) is 11.7 Å². The van der Waals surface area contributed by atoms with E-state index in [-0.39, 0.29) is 11.9 Å². The molecule has 2 aliphatic rings. The van der Waals surface area contributed by atoms with Crippen LogP contribution in [0.1, 0.15) is 29.6 Å². The van der Waals surface area contributed by atoms with Gasteiger partial charge in [0.05, 0.1) is 6.04 Å². The topological polar surface area (TPSA) is 24.1 Å². The number of hydrogen-bond acceptors (Lipinski definition) is 2. The molecule has 2 aliphatic heterocycles. The molecule has 0 spiro atoms. The van der Waals surface area contributed by atoms with Crippen LogP contribution in [-0.4, -0.2) is 6.54 Å². The second kappa shape index (κ2) is 4.60. The van der Waals surface area contributed by atoms with Gasteiger partial charge >= 0.3 is 0 Å². The minimum Gasteiger partial charge on any atom is -0.378 e. The summed E-state index contributed by atoms with van der Waals surface area (Å²) in [7, 11) is 0. The molecule has 0 amide bonds. The number of rotatable bonds is 1. The maximum absolute atomic E-state index is 13.1. The molecule has 20 heavy (non-hydrogen) atoms. The quantitative estimate of drug-likeness (QED) is 0.825. The molecule has 2 aromatic carbocycles. The molecule has 2 aromatic rings. The van der Waals surface area contributed by atoms with E-state index in [0.717, 1.165) is 13.0 Å². The third-order valence-corrected chi connectivity index (χ3v) is 4.53. The predicted molar refractivity (Wildman–Crippen MR) is 78.1 cm³/mol. The van der Waals surface area contributed by atoms with Gasteiger partial charge in [-0.25, -0.2) is 4.39 Å². The molecule has 2 N–H and O–H groups in total. The molecule has 0 saturated carbocycles. The molecule has 1 saturated heterocycles. The summed E-state index contributed by atoms with van der Waals surface area (Å²) < 4.78 is 13.1. The van der Waals surface area contributed by atoms with Gasteiger partial charge in [0.15, 0.2) is 0 Å². The van der Waals surface area contributed by atoms with Crippen molar-refractivity contribution in [1.29, 1.82) is 0 Å². The number of halogens is 1. The highest BCUT2D eigenvalue weighted by Crippen LogP contribution is 2.46. The summed E-state index contributed by atoms with van der Waals surface area (Å²) in [6.45, 7) is 1.04. The van der Waals surface area contributed by atoms with E-state index < -0.39 is 0 Å². The Morgan fingerprint density at radius 2 is 1.75 bits per heavy atom. The van der Waals surface area contributed by atoms with Crippen LogP contribution >= 0.6 is 0 Å². The minimum atomic E-state index is -0.175. The summed E-state index contributed by atoms with van der Waals surface area (Å²) >= 11 is 0. The number of para-hydroxylation sites is 1. The molecule has 0 unspecified atom stereocenters. The van der Waals surface area contributed by atoms with E-state index >= 15 is 0 Å². The molecule has 102 valence electrons. The van der Waals surface area contributed by atoms with E-state index in [1.165, 1.54) is 16.8 Å². The molecule has 1 fully saturated rings. The van der Waals surface area contributed by atoms with Crippen molar-refractivity contribution in [3.63, 3.8) is 0 Å². The molecule has 0 bridgehead atoms. The zero-order chi connectivity index (χ0) is 13.5. The van der Waals surface area contributed by atoms with Crippen molar-refractivity contribution in [2.75, 3.05) is 11.9 Å².